The molecule has 0 aliphatic carbocycles. The van der Waals surface area contributed by atoms with Crippen molar-refractivity contribution in [1.82, 2.24) is 5.48 Å². The van der Waals surface area contributed by atoms with E-state index in [9.17, 15) is 13.2 Å². The molecule has 0 radical (unpaired) electrons. The second-order valence-corrected chi connectivity index (χ2v) is 6.04. The van der Waals surface area contributed by atoms with Crippen LogP contribution in [0.3, 0.4) is 0 Å². The monoisotopic (exact) mass is 320 g/mol. The second-order valence-electron chi connectivity index (χ2n) is 4.36. The van der Waals surface area contributed by atoms with Gasteiger partial charge in [0.15, 0.2) is 0 Å². The fourth-order valence-electron chi connectivity index (χ4n) is 1.70. The van der Waals surface area contributed by atoms with E-state index in [1.165, 1.54) is 24.3 Å². The summed E-state index contributed by atoms with van der Waals surface area (Å²) >= 11 is 0. The summed E-state index contributed by atoms with van der Waals surface area (Å²) in [6, 6.07) is 14.2. The SMILES string of the molecule is CCONC(=O)c1ccc(S(=O)(=O)Nc2ccccc2)cc1. The lowest BCUT2D eigenvalue weighted by molar-refractivity contribution is 0.0364. The zero-order valence-corrected chi connectivity index (χ0v) is 12.8. The Morgan fingerprint density at radius 3 is 2.27 bits per heavy atom. The van der Waals surface area contributed by atoms with Crippen molar-refractivity contribution in [2.45, 2.75) is 11.8 Å². The molecular formula is C15H16N2O4S. The molecule has 22 heavy (non-hydrogen) atoms. The van der Waals surface area contributed by atoms with Crippen molar-refractivity contribution >= 4 is 21.6 Å². The normalized spacial score (nSPS) is 11.0. The summed E-state index contributed by atoms with van der Waals surface area (Å²) < 4.78 is 26.9. The zero-order valence-electron chi connectivity index (χ0n) is 11.9. The highest BCUT2D eigenvalue weighted by atomic mass is 32.2. The fourth-order valence-corrected chi connectivity index (χ4v) is 2.76. The summed E-state index contributed by atoms with van der Waals surface area (Å²) in [7, 11) is -3.69. The fraction of sp³-hybridized carbons (Fsp3) is 0.133. The quantitative estimate of drug-likeness (QED) is 0.799. The third-order valence-corrected chi connectivity index (χ3v) is 4.16. The van der Waals surface area contributed by atoms with E-state index in [4.69, 9.17) is 4.84 Å². The Balaban J connectivity index is 2.14. The van der Waals surface area contributed by atoms with E-state index in [1.54, 1.807) is 37.3 Å². The number of amides is 1. The van der Waals surface area contributed by atoms with Gasteiger partial charge in [-0.2, -0.15) is 0 Å². The van der Waals surface area contributed by atoms with Crippen molar-refractivity contribution in [3.8, 4) is 0 Å². The molecule has 0 fully saturated rings. The summed E-state index contributed by atoms with van der Waals surface area (Å²) in [5.74, 6) is -0.429. The predicted octanol–water partition coefficient (Wildman–Crippen LogP) is 2.17. The van der Waals surface area contributed by atoms with Crippen LogP contribution in [0.5, 0.6) is 0 Å². The van der Waals surface area contributed by atoms with Crippen LogP contribution in [0, 0.1) is 0 Å². The standard InChI is InChI=1S/C15H16N2O4S/c1-2-21-16-15(18)12-8-10-14(11-9-12)22(19,20)17-13-6-4-3-5-7-13/h3-11,17H,2H2,1H3,(H,16,18). The van der Waals surface area contributed by atoms with E-state index in [2.05, 4.69) is 10.2 Å². The molecule has 0 aliphatic rings. The topological polar surface area (TPSA) is 84.5 Å². The summed E-state index contributed by atoms with van der Waals surface area (Å²) in [6.45, 7) is 2.09. The maximum absolute atomic E-state index is 12.2. The van der Waals surface area contributed by atoms with E-state index in [1.807, 2.05) is 0 Å². The summed E-state index contributed by atoms with van der Waals surface area (Å²) in [5.41, 5.74) is 3.03. The summed E-state index contributed by atoms with van der Waals surface area (Å²) in [6.07, 6.45) is 0. The highest BCUT2D eigenvalue weighted by molar-refractivity contribution is 7.92. The van der Waals surface area contributed by atoms with E-state index in [0.717, 1.165) is 0 Å². The van der Waals surface area contributed by atoms with E-state index >= 15 is 0 Å². The lowest BCUT2D eigenvalue weighted by Crippen LogP contribution is -2.23. The van der Waals surface area contributed by atoms with Crippen LogP contribution in [-0.2, 0) is 14.9 Å². The van der Waals surface area contributed by atoms with E-state index < -0.39 is 15.9 Å². The van der Waals surface area contributed by atoms with Crippen molar-refractivity contribution in [2.75, 3.05) is 11.3 Å². The van der Waals surface area contributed by atoms with Crippen LogP contribution >= 0.6 is 0 Å². The lowest BCUT2D eigenvalue weighted by atomic mass is 10.2. The van der Waals surface area contributed by atoms with Crippen LogP contribution in [0.15, 0.2) is 59.5 Å². The Morgan fingerprint density at radius 1 is 1.05 bits per heavy atom. The first-order valence-electron chi connectivity index (χ1n) is 6.63. The van der Waals surface area contributed by atoms with Gasteiger partial charge in [-0.1, -0.05) is 18.2 Å². The van der Waals surface area contributed by atoms with Gasteiger partial charge in [0.05, 0.1) is 11.5 Å². The van der Waals surface area contributed by atoms with Gasteiger partial charge >= 0.3 is 0 Å². The van der Waals surface area contributed by atoms with Crippen LogP contribution in [0.25, 0.3) is 0 Å². The Morgan fingerprint density at radius 2 is 1.68 bits per heavy atom. The molecule has 116 valence electrons. The third-order valence-electron chi connectivity index (χ3n) is 2.76. The molecule has 2 rings (SSSR count). The Hall–Kier alpha value is -2.38. The van der Waals surface area contributed by atoms with Crippen LogP contribution in [0.2, 0.25) is 0 Å². The molecule has 0 saturated carbocycles. The number of hydroxylamine groups is 1. The summed E-state index contributed by atoms with van der Waals surface area (Å²) in [4.78, 5) is 16.5. The molecule has 2 aromatic rings. The smallest absolute Gasteiger partial charge is 0.274 e. The van der Waals surface area contributed by atoms with Crippen molar-refractivity contribution < 1.29 is 18.0 Å². The molecule has 2 aromatic carbocycles. The highest BCUT2D eigenvalue weighted by Crippen LogP contribution is 2.16. The number of carbonyl (C=O) groups is 1. The number of anilines is 1. The molecule has 0 spiro atoms. The van der Waals surface area contributed by atoms with Crippen LogP contribution in [0.4, 0.5) is 5.69 Å². The van der Waals surface area contributed by atoms with Crippen LogP contribution in [0.1, 0.15) is 17.3 Å². The highest BCUT2D eigenvalue weighted by Gasteiger charge is 2.15. The number of para-hydroxylation sites is 1. The molecule has 7 heteroatoms. The first kappa shape index (κ1) is 16.0. The molecule has 6 nitrogen and oxygen atoms in total. The van der Waals surface area contributed by atoms with Crippen molar-refractivity contribution in [3.05, 3.63) is 60.2 Å². The molecular weight excluding hydrogens is 304 g/mol. The van der Waals surface area contributed by atoms with Crippen molar-refractivity contribution in [3.63, 3.8) is 0 Å². The molecule has 0 aromatic heterocycles. The molecule has 0 heterocycles. The van der Waals surface area contributed by atoms with Crippen molar-refractivity contribution in [2.24, 2.45) is 0 Å². The van der Waals surface area contributed by atoms with Crippen LogP contribution in [-0.4, -0.2) is 20.9 Å². The van der Waals surface area contributed by atoms with Crippen molar-refractivity contribution in [1.29, 1.82) is 0 Å². The third kappa shape index (κ3) is 4.06. The minimum Gasteiger partial charge on any atom is -0.280 e. The maximum atomic E-state index is 12.2. The molecule has 2 N–H and O–H groups in total. The van der Waals surface area contributed by atoms with Gasteiger partial charge in [0.1, 0.15) is 0 Å². The Kier molecular flexibility index (Phi) is 5.13. The number of sulfonamides is 1. The largest absolute Gasteiger partial charge is 0.280 e. The van der Waals surface area contributed by atoms with Crippen LogP contribution < -0.4 is 10.2 Å². The number of hydrogen-bond donors (Lipinski definition) is 2. The number of carbonyl (C=O) groups excluding carboxylic acids is 1. The Bertz CT molecular complexity index is 728. The average molecular weight is 320 g/mol. The number of rotatable bonds is 6. The van der Waals surface area contributed by atoms with Gasteiger partial charge in [0.25, 0.3) is 15.9 Å². The van der Waals surface area contributed by atoms with E-state index in [0.29, 0.717) is 17.9 Å². The molecule has 0 unspecified atom stereocenters. The predicted molar refractivity (Wildman–Crippen MR) is 82.8 cm³/mol. The van der Waals surface area contributed by atoms with Gasteiger partial charge < -0.3 is 0 Å². The van der Waals surface area contributed by atoms with Gasteiger partial charge in [-0.15, -0.1) is 0 Å². The molecule has 0 saturated heterocycles. The van der Waals surface area contributed by atoms with Gasteiger partial charge in [0, 0.05) is 11.3 Å². The molecule has 0 bridgehead atoms. The number of nitrogens with one attached hydrogen (secondary N) is 2. The van der Waals surface area contributed by atoms with Gasteiger partial charge in [-0.05, 0) is 43.3 Å². The lowest BCUT2D eigenvalue weighted by Gasteiger charge is -2.09. The Labute approximate surface area is 129 Å². The number of benzene rings is 2. The van der Waals surface area contributed by atoms with E-state index in [-0.39, 0.29) is 4.90 Å². The first-order valence-corrected chi connectivity index (χ1v) is 8.11. The number of hydrogen-bond acceptors (Lipinski definition) is 4. The minimum atomic E-state index is -3.69. The van der Waals surface area contributed by atoms with Gasteiger partial charge in [0.2, 0.25) is 0 Å². The first-order chi connectivity index (χ1) is 10.5. The second kappa shape index (κ2) is 7.06. The van der Waals surface area contributed by atoms with Gasteiger partial charge in [-0.25, -0.2) is 13.9 Å². The van der Waals surface area contributed by atoms with Gasteiger partial charge in [-0.3, -0.25) is 14.4 Å². The zero-order chi connectivity index (χ0) is 16.0. The average Bonchev–Trinajstić information content (AvgIpc) is 2.53. The molecule has 0 atom stereocenters. The summed E-state index contributed by atoms with van der Waals surface area (Å²) in [5, 5.41) is 0. The molecule has 0 aliphatic heterocycles. The maximum Gasteiger partial charge on any atom is 0.274 e. The minimum absolute atomic E-state index is 0.0734. The molecule has 1 amide bonds.